The van der Waals surface area contributed by atoms with Crippen LogP contribution in [0.3, 0.4) is 0 Å². The molecule has 0 aromatic heterocycles. The van der Waals surface area contributed by atoms with Crippen LogP contribution in [0, 0.1) is 11.8 Å². The van der Waals surface area contributed by atoms with Gasteiger partial charge in [0.05, 0.1) is 6.61 Å². The van der Waals surface area contributed by atoms with E-state index in [0.29, 0.717) is 6.61 Å². The van der Waals surface area contributed by atoms with Crippen molar-refractivity contribution in [2.75, 3.05) is 6.61 Å². The van der Waals surface area contributed by atoms with Crippen LogP contribution < -0.4 is 0 Å². The molecule has 0 radical (unpaired) electrons. The van der Waals surface area contributed by atoms with Crippen LogP contribution >= 0.6 is 12.6 Å². The van der Waals surface area contributed by atoms with E-state index in [9.17, 15) is 4.79 Å². The van der Waals surface area contributed by atoms with E-state index >= 15 is 0 Å². The summed E-state index contributed by atoms with van der Waals surface area (Å²) < 4.78 is 5.10. The van der Waals surface area contributed by atoms with Gasteiger partial charge in [-0.15, -0.1) is 0 Å². The van der Waals surface area contributed by atoms with Gasteiger partial charge in [-0.2, -0.15) is 12.6 Å². The second-order valence-corrected chi connectivity index (χ2v) is 4.64. The van der Waals surface area contributed by atoms with E-state index in [-0.39, 0.29) is 17.1 Å². The molecule has 0 saturated heterocycles. The molecule has 1 atom stereocenters. The average molecular weight is 202 g/mol. The maximum Gasteiger partial charge on any atom is 0.319 e. The molecule has 0 aromatic carbocycles. The molecule has 1 saturated carbocycles. The van der Waals surface area contributed by atoms with Crippen LogP contribution in [-0.4, -0.2) is 17.8 Å². The minimum atomic E-state index is -0.265. The van der Waals surface area contributed by atoms with Crippen molar-refractivity contribution in [3.63, 3.8) is 0 Å². The topological polar surface area (TPSA) is 26.3 Å². The summed E-state index contributed by atoms with van der Waals surface area (Å²) in [4.78, 5) is 11.3. The summed E-state index contributed by atoms with van der Waals surface area (Å²) in [5, 5.41) is -0.265. The van der Waals surface area contributed by atoms with Crippen molar-refractivity contribution >= 4 is 18.6 Å². The second-order valence-electron chi connectivity index (χ2n) is 4.09. The highest BCUT2D eigenvalue weighted by Gasteiger charge is 2.23. The van der Waals surface area contributed by atoms with Crippen LogP contribution in [0.1, 0.15) is 33.1 Å². The van der Waals surface area contributed by atoms with Gasteiger partial charge in [-0.05, 0) is 18.3 Å². The Morgan fingerprint density at radius 3 is 2.62 bits per heavy atom. The summed E-state index contributed by atoms with van der Waals surface area (Å²) >= 11 is 4.19. The number of ether oxygens (including phenoxy) is 1. The molecule has 0 N–H and O–H groups in total. The Hall–Kier alpha value is -0.180. The van der Waals surface area contributed by atoms with E-state index in [0.717, 1.165) is 12.3 Å². The molecule has 1 fully saturated rings. The van der Waals surface area contributed by atoms with Gasteiger partial charge >= 0.3 is 5.97 Å². The third-order valence-electron chi connectivity index (χ3n) is 2.34. The highest BCUT2D eigenvalue weighted by molar-refractivity contribution is 7.81. The minimum Gasteiger partial charge on any atom is -0.465 e. The fraction of sp³-hybridized carbons (Fsp3) is 0.900. The SMILES string of the molecule is CC(C)C(S)C(=O)OCCC1CC1. The molecule has 1 unspecified atom stereocenters. The maximum absolute atomic E-state index is 11.3. The molecule has 1 aliphatic rings. The summed E-state index contributed by atoms with van der Waals surface area (Å²) in [5.74, 6) is 0.904. The predicted molar refractivity (Wildman–Crippen MR) is 55.9 cm³/mol. The lowest BCUT2D eigenvalue weighted by Gasteiger charge is -2.13. The molecular formula is C10H18O2S. The van der Waals surface area contributed by atoms with Gasteiger partial charge in [0.1, 0.15) is 5.25 Å². The smallest absolute Gasteiger partial charge is 0.319 e. The molecule has 76 valence electrons. The normalized spacial score (nSPS) is 18.8. The van der Waals surface area contributed by atoms with Gasteiger partial charge in [-0.25, -0.2) is 0 Å². The minimum absolute atomic E-state index is 0.168. The lowest BCUT2D eigenvalue weighted by atomic mass is 10.1. The summed E-state index contributed by atoms with van der Waals surface area (Å²) in [7, 11) is 0. The van der Waals surface area contributed by atoms with Crippen molar-refractivity contribution < 1.29 is 9.53 Å². The van der Waals surface area contributed by atoms with Gasteiger partial charge in [0.2, 0.25) is 0 Å². The Balaban J connectivity index is 2.08. The first kappa shape index (κ1) is 10.9. The number of rotatable bonds is 5. The first-order chi connectivity index (χ1) is 6.11. The van der Waals surface area contributed by atoms with Gasteiger partial charge < -0.3 is 4.74 Å². The third-order valence-corrected chi connectivity index (χ3v) is 3.15. The molecule has 13 heavy (non-hydrogen) atoms. The van der Waals surface area contributed by atoms with Crippen LogP contribution in [0.4, 0.5) is 0 Å². The zero-order valence-corrected chi connectivity index (χ0v) is 9.22. The van der Waals surface area contributed by atoms with Crippen LogP contribution in [-0.2, 0) is 9.53 Å². The molecule has 0 heterocycles. The number of carbonyl (C=O) groups excluding carboxylic acids is 1. The lowest BCUT2D eigenvalue weighted by Crippen LogP contribution is -2.23. The average Bonchev–Trinajstić information content (AvgIpc) is 2.86. The molecule has 3 heteroatoms. The second kappa shape index (κ2) is 4.89. The molecule has 0 amide bonds. The van der Waals surface area contributed by atoms with Gasteiger partial charge in [0, 0.05) is 0 Å². The maximum atomic E-state index is 11.3. The van der Waals surface area contributed by atoms with Gasteiger partial charge in [0.15, 0.2) is 0 Å². The third kappa shape index (κ3) is 4.03. The molecule has 0 aliphatic heterocycles. The summed E-state index contributed by atoms with van der Waals surface area (Å²) in [6.07, 6.45) is 3.66. The lowest BCUT2D eigenvalue weighted by molar-refractivity contribution is -0.143. The number of thiol groups is 1. The van der Waals surface area contributed by atoms with Crippen molar-refractivity contribution in [1.82, 2.24) is 0 Å². The fourth-order valence-corrected chi connectivity index (χ4v) is 1.16. The molecule has 1 rings (SSSR count). The van der Waals surface area contributed by atoms with E-state index in [1.807, 2.05) is 13.8 Å². The first-order valence-corrected chi connectivity index (χ1v) is 5.47. The van der Waals surface area contributed by atoms with E-state index < -0.39 is 0 Å². The van der Waals surface area contributed by atoms with Gasteiger partial charge in [-0.3, -0.25) is 4.79 Å². The van der Waals surface area contributed by atoms with Gasteiger partial charge in [-0.1, -0.05) is 26.7 Å². The zero-order chi connectivity index (χ0) is 9.84. The predicted octanol–water partition coefficient (Wildman–Crippen LogP) is 2.28. The molecule has 1 aliphatic carbocycles. The fourth-order valence-electron chi connectivity index (χ4n) is 1.09. The van der Waals surface area contributed by atoms with E-state index in [2.05, 4.69) is 12.6 Å². The number of hydrogen-bond donors (Lipinski definition) is 1. The van der Waals surface area contributed by atoms with Crippen molar-refractivity contribution in [3.8, 4) is 0 Å². The Labute approximate surface area is 85.4 Å². The Kier molecular flexibility index (Phi) is 4.10. The molecule has 0 aromatic rings. The van der Waals surface area contributed by atoms with Crippen molar-refractivity contribution in [2.24, 2.45) is 11.8 Å². The van der Waals surface area contributed by atoms with E-state index in [1.54, 1.807) is 0 Å². The summed E-state index contributed by atoms with van der Waals surface area (Å²) in [5.41, 5.74) is 0. The standard InChI is InChI=1S/C10H18O2S/c1-7(2)9(13)10(11)12-6-5-8-3-4-8/h7-9,13H,3-6H2,1-2H3. The molecular weight excluding hydrogens is 184 g/mol. The summed E-state index contributed by atoms with van der Waals surface area (Å²) in [6, 6.07) is 0. The molecule has 2 nitrogen and oxygen atoms in total. The Bertz CT molecular complexity index is 176. The van der Waals surface area contributed by atoms with Crippen LogP contribution in [0.15, 0.2) is 0 Å². The van der Waals surface area contributed by atoms with Crippen LogP contribution in [0.25, 0.3) is 0 Å². The number of hydrogen-bond acceptors (Lipinski definition) is 3. The van der Waals surface area contributed by atoms with Crippen molar-refractivity contribution in [1.29, 1.82) is 0 Å². The Morgan fingerprint density at radius 2 is 2.15 bits per heavy atom. The quantitative estimate of drug-likeness (QED) is 0.547. The van der Waals surface area contributed by atoms with Crippen LogP contribution in [0.2, 0.25) is 0 Å². The van der Waals surface area contributed by atoms with Crippen molar-refractivity contribution in [2.45, 2.75) is 38.4 Å². The van der Waals surface area contributed by atoms with Crippen molar-refractivity contribution in [3.05, 3.63) is 0 Å². The highest BCUT2D eigenvalue weighted by Crippen LogP contribution is 2.32. The van der Waals surface area contributed by atoms with E-state index in [1.165, 1.54) is 12.8 Å². The number of esters is 1. The van der Waals surface area contributed by atoms with Crippen LogP contribution in [0.5, 0.6) is 0 Å². The highest BCUT2D eigenvalue weighted by atomic mass is 32.1. The largest absolute Gasteiger partial charge is 0.465 e. The Morgan fingerprint density at radius 1 is 1.54 bits per heavy atom. The first-order valence-electron chi connectivity index (χ1n) is 4.96. The zero-order valence-electron chi connectivity index (χ0n) is 8.32. The summed E-state index contributed by atoms with van der Waals surface area (Å²) in [6.45, 7) is 4.52. The van der Waals surface area contributed by atoms with Gasteiger partial charge in [0.25, 0.3) is 0 Å². The molecule has 0 spiro atoms. The molecule has 0 bridgehead atoms. The van der Waals surface area contributed by atoms with E-state index in [4.69, 9.17) is 4.74 Å². The number of carbonyl (C=O) groups is 1. The monoisotopic (exact) mass is 202 g/mol.